The molecule has 2 rings (SSSR count). The lowest BCUT2D eigenvalue weighted by Crippen LogP contribution is -2.45. The topological polar surface area (TPSA) is 37.4 Å². The molecule has 1 aromatic heterocycles. The van der Waals surface area contributed by atoms with Gasteiger partial charge in [0.2, 0.25) is 0 Å². The molecule has 1 aliphatic rings. The number of aromatic nitrogens is 1. The van der Waals surface area contributed by atoms with Gasteiger partial charge in [0.1, 0.15) is 5.82 Å². The molecule has 1 unspecified atom stereocenters. The molecule has 0 spiro atoms. The number of pyridine rings is 1. The van der Waals surface area contributed by atoms with Crippen molar-refractivity contribution in [3.05, 3.63) is 22.3 Å². The zero-order valence-corrected chi connectivity index (χ0v) is 12.5. The number of hydrogen-bond donors (Lipinski definition) is 1. The zero-order chi connectivity index (χ0) is 13.0. The van der Waals surface area contributed by atoms with Gasteiger partial charge in [-0.2, -0.15) is 0 Å². The van der Waals surface area contributed by atoms with Crippen LogP contribution in [0.1, 0.15) is 12.5 Å². The number of rotatable bonds is 4. The maximum absolute atomic E-state index is 5.75. The maximum atomic E-state index is 5.75. The summed E-state index contributed by atoms with van der Waals surface area (Å²) in [5.74, 6) is 0.940. The van der Waals surface area contributed by atoms with Gasteiger partial charge in [-0.1, -0.05) is 6.92 Å². The monoisotopic (exact) mass is 313 g/mol. The van der Waals surface area contributed by atoms with Gasteiger partial charge in [-0.25, -0.2) is 4.98 Å². The van der Waals surface area contributed by atoms with E-state index in [2.05, 4.69) is 51.0 Å². The third kappa shape index (κ3) is 3.67. The highest BCUT2D eigenvalue weighted by molar-refractivity contribution is 9.10. The molecule has 2 heterocycles. The minimum Gasteiger partial charge on any atom is -0.374 e. The second-order valence-corrected chi connectivity index (χ2v) is 5.50. The van der Waals surface area contributed by atoms with Gasteiger partial charge in [-0.05, 0) is 41.0 Å². The van der Waals surface area contributed by atoms with Crippen molar-refractivity contribution in [2.24, 2.45) is 0 Å². The lowest BCUT2D eigenvalue weighted by molar-refractivity contribution is -0.0192. The zero-order valence-electron chi connectivity index (χ0n) is 10.9. The van der Waals surface area contributed by atoms with Crippen LogP contribution >= 0.6 is 15.9 Å². The van der Waals surface area contributed by atoms with Crippen LogP contribution in [0.3, 0.4) is 0 Å². The van der Waals surface area contributed by atoms with E-state index in [-0.39, 0.29) is 6.10 Å². The Morgan fingerprint density at radius 3 is 3.17 bits per heavy atom. The molecule has 1 aromatic rings. The summed E-state index contributed by atoms with van der Waals surface area (Å²) in [6, 6.07) is 2.06. The highest BCUT2D eigenvalue weighted by Gasteiger charge is 2.19. The molecule has 0 bridgehead atoms. The average Bonchev–Trinajstić information content (AvgIpc) is 2.38. The molecule has 5 heteroatoms. The van der Waals surface area contributed by atoms with Crippen LogP contribution in [0.5, 0.6) is 0 Å². The Morgan fingerprint density at radius 1 is 1.61 bits per heavy atom. The Kier molecular flexibility index (Phi) is 4.97. The molecule has 0 saturated carbocycles. The molecule has 0 aliphatic carbocycles. The van der Waals surface area contributed by atoms with E-state index in [1.807, 2.05) is 6.20 Å². The van der Waals surface area contributed by atoms with E-state index in [9.17, 15) is 0 Å². The normalized spacial score (nSPS) is 20.9. The standard InChI is InChI=1S/C13H20BrN3O/c1-3-17-4-5-18-12(9-17)8-16-13-10(2)6-11(14)7-15-13/h6-7,12H,3-5,8-9H2,1-2H3,(H,15,16). The second kappa shape index (κ2) is 6.50. The number of likely N-dealkylation sites (N-methyl/N-ethyl adjacent to an activating group) is 1. The summed E-state index contributed by atoms with van der Waals surface area (Å²) >= 11 is 3.42. The first kappa shape index (κ1) is 13.8. The fourth-order valence-corrected chi connectivity index (χ4v) is 2.57. The van der Waals surface area contributed by atoms with Gasteiger partial charge in [-0.3, -0.25) is 4.90 Å². The van der Waals surface area contributed by atoms with E-state index in [1.165, 1.54) is 0 Å². The van der Waals surface area contributed by atoms with Gasteiger partial charge in [0.25, 0.3) is 0 Å². The van der Waals surface area contributed by atoms with Gasteiger partial charge in [-0.15, -0.1) is 0 Å². The molecule has 1 atom stereocenters. The number of ether oxygens (including phenoxy) is 1. The van der Waals surface area contributed by atoms with E-state index in [1.54, 1.807) is 0 Å². The van der Waals surface area contributed by atoms with Gasteiger partial charge in [0.15, 0.2) is 0 Å². The minimum atomic E-state index is 0.253. The predicted octanol–water partition coefficient (Wildman–Crippen LogP) is 2.29. The first-order valence-corrected chi connectivity index (χ1v) is 7.18. The predicted molar refractivity (Wildman–Crippen MR) is 77.0 cm³/mol. The van der Waals surface area contributed by atoms with Crippen molar-refractivity contribution in [3.8, 4) is 0 Å². The molecule has 0 aromatic carbocycles. The summed E-state index contributed by atoms with van der Waals surface area (Å²) in [5, 5.41) is 3.37. The van der Waals surface area contributed by atoms with E-state index < -0.39 is 0 Å². The molecular weight excluding hydrogens is 294 g/mol. The Hall–Kier alpha value is -0.650. The van der Waals surface area contributed by atoms with Crippen LogP contribution in [0.15, 0.2) is 16.7 Å². The maximum Gasteiger partial charge on any atom is 0.129 e. The molecule has 1 saturated heterocycles. The van der Waals surface area contributed by atoms with Gasteiger partial charge in [0.05, 0.1) is 12.7 Å². The van der Waals surface area contributed by atoms with Crippen LogP contribution in [0.4, 0.5) is 5.82 Å². The van der Waals surface area contributed by atoms with Crippen molar-refractivity contribution in [2.75, 3.05) is 38.1 Å². The van der Waals surface area contributed by atoms with Gasteiger partial charge >= 0.3 is 0 Å². The summed E-state index contributed by atoms with van der Waals surface area (Å²) in [5.41, 5.74) is 1.15. The molecule has 100 valence electrons. The molecule has 0 amide bonds. The van der Waals surface area contributed by atoms with E-state index >= 15 is 0 Å². The fraction of sp³-hybridized carbons (Fsp3) is 0.615. The number of hydrogen-bond acceptors (Lipinski definition) is 4. The molecule has 1 aliphatic heterocycles. The molecule has 18 heavy (non-hydrogen) atoms. The van der Waals surface area contributed by atoms with Crippen molar-refractivity contribution in [1.29, 1.82) is 0 Å². The third-order valence-corrected chi connectivity index (χ3v) is 3.65. The summed E-state index contributed by atoms with van der Waals surface area (Å²) in [6.45, 7) is 9.02. The summed E-state index contributed by atoms with van der Waals surface area (Å²) in [4.78, 5) is 6.79. The third-order valence-electron chi connectivity index (χ3n) is 3.21. The highest BCUT2D eigenvalue weighted by atomic mass is 79.9. The van der Waals surface area contributed by atoms with Crippen LogP contribution in [-0.4, -0.2) is 48.8 Å². The van der Waals surface area contributed by atoms with Gasteiger partial charge in [0, 0.05) is 30.3 Å². The van der Waals surface area contributed by atoms with Gasteiger partial charge < -0.3 is 10.1 Å². The largest absolute Gasteiger partial charge is 0.374 e. The van der Waals surface area contributed by atoms with Crippen LogP contribution in [0.2, 0.25) is 0 Å². The number of aryl methyl sites for hydroxylation is 1. The number of anilines is 1. The summed E-state index contributed by atoms with van der Waals surface area (Å²) in [7, 11) is 0. The van der Waals surface area contributed by atoms with Crippen molar-refractivity contribution >= 4 is 21.7 Å². The van der Waals surface area contributed by atoms with Crippen LogP contribution in [-0.2, 0) is 4.74 Å². The molecule has 4 nitrogen and oxygen atoms in total. The van der Waals surface area contributed by atoms with Crippen molar-refractivity contribution < 1.29 is 4.74 Å². The quantitative estimate of drug-likeness (QED) is 0.925. The number of nitrogens with zero attached hydrogens (tertiary/aromatic N) is 2. The number of halogens is 1. The lowest BCUT2D eigenvalue weighted by Gasteiger charge is -2.32. The first-order chi connectivity index (χ1) is 8.69. The fourth-order valence-electron chi connectivity index (χ4n) is 2.13. The smallest absolute Gasteiger partial charge is 0.129 e. The van der Waals surface area contributed by atoms with Crippen molar-refractivity contribution in [3.63, 3.8) is 0 Å². The Balaban J connectivity index is 1.87. The molecule has 0 radical (unpaired) electrons. The van der Waals surface area contributed by atoms with E-state index in [4.69, 9.17) is 4.74 Å². The molecule has 1 N–H and O–H groups in total. The van der Waals surface area contributed by atoms with Crippen molar-refractivity contribution in [2.45, 2.75) is 20.0 Å². The molecule has 1 fully saturated rings. The second-order valence-electron chi connectivity index (χ2n) is 4.59. The Labute approximate surface area is 117 Å². The SMILES string of the molecule is CCN1CCOC(CNc2ncc(Br)cc2C)C1. The average molecular weight is 314 g/mol. The minimum absolute atomic E-state index is 0.253. The highest BCUT2D eigenvalue weighted by Crippen LogP contribution is 2.17. The molecular formula is C13H20BrN3O. The van der Waals surface area contributed by atoms with Crippen LogP contribution < -0.4 is 5.32 Å². The number of nitrogens with one attached hydrogen (secondary N) is 1. The summed E-state index contributed by atoms with van der Waals surface area (Å²) < 4.78 is 6.76. The Bertz CT molecular complexity index is 400. The Morgan fingerprint density at radius 2 is 2.44 bits per heavy atom. The van der Waals surface area contributed by atoms with Crippen LogP contribution in [0.25, 0.3) is 0 Å². The van der Waals surface area contributed by atoms with E-state index in [0.717, 1.165) is 48.6 Å². The first-order valence-electron chi connectivity index (χ1n) is 6.39. The summed E-state index contributed by atoms with van der Waals surface area (Å²) in [6.07, 6.45) is 2.07. The van der Waals surface area contributed by atoms with Crippen molar-refractivity contribution in [1.82, 2.24) is 9.88 Å². The van der Waals surface area contributed by atoms with Crippen LogP contribution in [0, 0.1) is 6.92 Å². The van der Waals surface area contributed by atoms with E-state index in [0.29, 0.717) is 0 Å². The number of morpholine rings is 1. The lowest BCUT2D eigenvalue weighted by atomic mass is 10.2.